The topological polar surface area (TPSA) is 122 Å². The highest BCUT2D eigenvalue weighted by atomic mass is 16.6. The number of esters is 1. The fraction of sp³-hybridized carbons (Fsp3) is 0.304. The van der Waals surface area contributed by atoms with E-state index in [2.05, 4.69) is 5.10 Å². The molecule has 0 saturated carbocycles. The minimum absolute atomic E-state index is 0.112. The second kappa shape index (κ2) is 7.51. The number of imide groups is 1. The van der Waals surface area contributed by atoms with E-state index in [1.54, 1.807) is 20.1 Å². The van der Waals surface area contributed by atoms with Gasteiger partial charge in [-0.05, 0) is 30.5 Å². The van der Waals surface area contributed by atoms with Crippen LogP contribution in [0.3, 0.4) is 0 Å². The zero-order valence-electron chi connectivity index (χ0n) is 17.9. The Bertz CT molecular complexity index is 1240. The first kappa shape index (κ1) is 20.8. The van der Waals surface area contributed by atoms with Gasteiger partial charge in [0.05, 0.1) is 41.3 Å². The molecule has 3 aliphatic rings. The summed E-state index contributed by atoms with van der Waals surface area (Å²) in [6.45, 7) is 3.45. The Morgan fingerprint density at radius 2 is 1.88 bits per heavy atom. The van der Waals surface area contributed by atoms with Crippen LogP contribution in [0.25, 0.3) is 0 Å². The Hall–Kier alpha value is -4.08. The minimum Gasteiger partial charge on any atom is -0.464 e. The van der Waals surface area contributed by atoms with Crippen molar-refractivity contribution in [1.82, 2.24) is 5.01 Å². The van der Waals surface area contributed by atoms with Gasteiger partial charge in [-0.25, -0.2) is 9.69 Å². The molecule has 33 heavy (non-hydrogen) atoms. The Balaban J connectivity index is 1.65. The summed E-state index contributed by atoms with van der Waals surface area (Å²) in [6.07, 6.45) is 1.61. The van der Waals surface area contributed by atoms with Crippen molar-refractivity contribution in [1.29, 1.82) is 0 Å². The number of hydrogen-bond acceptors (Lipinski definition) is 8. The summed E-state index contributed by atoms with van der Waals surface area (Å²) in [6, 6.07) is 9.70. The van der Waals surface area contributed by atoms with Gasteiger partial charge in [0.15, 0.2) is 6.04 Å². The molecular weight excluding hydrogens is 428 g/mol. The van der Waals surface area contributed by atoms with E-state index in [9.17, 15) is 24.5 Å². The van der Waals surface area contributed by atoms with Crippen molar-refractivity contribution in [3.63, 3.8) is 0 Å². The Morgan fingerprint density at radius 3 is 2.61 bits per heavy atom. The fourth-order valence-corrected chi connectivity index (χ4v) is 5.06. The van der Waals surface area contributed by atoms with Crippen LogP contribution >= 0.6 is 0 Å². The summed E-state index contributed by atoms with van der Waals surface area (Å²) in [5.41, 5.74) is 2.04. The fourth-order valence-electron chi connectivity index (χ4n) is 5.06. The van der Waals surface area contributed by atoms with Crippen LogP contribution in [0.5, 0.6) is 0 Å². The molecule has 0 N–H and O–H groups in total. The van der Waals surface area contributed by atoms with Crippen molar-refractivity contribution in [2.75, 3.05) is 11.5 Å². The number of non-ortho nitro benzene ring substituents is 1. The highest BCUT2D eigenvalue weighted by molar-refractivity contribution is 6.24. The summed E-state index contributed by atoms with van der Waals surface area (Å²) in [4.78, 5) is 52.1. The molecule has 4 atom stereocenters. The summed E-state index contributed by atoms with van der Waals surface area (Å²) in [5.74, 6) is -3.64. The summed E-state index contributed by atoms with van der Waals surface area (Å²) < 4.78 is 5.24. The summed E-state index contributed by atoms with van der Waals surface area (Å²) in [5, 5.41) is 17.2. The van der Waals surface area contributed by atoms with Crippen LogP contribution in [0, 0.1) is 28.9 Å². The lowest BCUT2D eigenvalue weighted by Crippen LogP contribution is -2.45. The van der Waals surface area contributed by atoms with E-state index >= 15 is 0 Å². The molecule has 3 aliphatic heterocycles. The Labute approximate surface area is 188 Å². The molecule has 0 unspecified atom stereocenters. The van der Waals surface area contributed by atoms with E-state index in [0.717, 1.165) is 16.0 Å². The van der Waals surface area contributed by atoms with Gasteiger partial charge in [-0.1, -0.05) is 30.3 Å². The Kier molecular flexibility index (Phi) is 4.73. The van der Waals surface area contributed by atoms with Gasteiger partial charge in [0.1, 0.15) is 0 Å². The minimum atomic E-state index is -1.08. The van der Waals surface area contributed by atoms with Gasteiger partial charge >= 0.3 is 5.97 Å². The molecule has 2 fully saturated rings. The third-order valence-corrected chi connectivity index (χ3v) is 6.47. The van der Waals surface area contributed by atoms with Gasteiger partial charge in [-0.3, -0.25) is 24.7 Å². The predicted molar refractivity (Wildman–Crippen MR) is 116 cm³/mol. The molecule has 2 amide bonds. The Morgan fingerprint density at radius 1 is 1.15 bits per heavy atom. The number of fused-ring (bicyclic) bond motifs is 5. The second-order valence-electron chi connectivity index (χ2n) is 8.19. The van der Waals surface area contributed by atoms with Crippen molar-refractivity contribution < 1.29 is 24.0 Å². The number of carbonyl (C=O) groups is 3. The van der Waals surface area contributed by atoms with Crippen LogP contribution in [0.2, 0.25) is 0 Å². The highest BCUT2D eigenvalue weighted by Crippen LogP contribution is 2.53. The van der Waals surface area contributed by atoms with Crippen LogP contribution in [0.15, 0.2) is 47.6 Å². The van der Waals surface area contributed by atoms with Crippen molar-refractivity contribution >= 4 is 35.4 Å². The standard InChI is InChI=1S/C23H20N4O6/c1-3-33-23(30)20-18-17(19-15-7-5-4-6-13(15)11-24-26(19)20)21(28)25(22(18)29)16-10-14(27(31)32)9-8-12(16)2/h4-11,17-20H,3H2,1-2H3/t17-,18-,19+,20+/m0/s1. The van der Waals surface area contributed by atoms with Crippen molar-refractivity contribution in [2.45, 2.75) is 25.9 Å². The molecule has 10 nitrogen and oxygen atoms in total. The molecule has 2 saturated heterocycles. The van der Waals surface area contributed by atoms with Crippen molar-refractivity contribution in [3.8, 4) is 0 Å². The maximum absolute atomic E-state index is 13.7. The van der Waals surface area contributed by atoms with Gasteiger partial charge in [0, 0.05) is 12.1 Å². The predicted octanol–water partition coefficient (Wildman–Crippen LogP) is 2.34. The lowest BCUT2D eigenvalue weighted by atomic mass is 9.85. The van der Waals surface area contributed by atoms with E-state index < -0.39 is 46.6 Å². The molecule has 168 valence electrons. The molecule has 0 bridgehead atoms. The maximum Gasteiger partial charge on any atom is 0.331 e. The SMILES string of the molecule is CCOC(=O)[C@H]1[C@H]2C(=O)N(c3cc([N+](=O)[O-])ccc3C)C(=O)[C@@H]2[C@H]2c3ccccc3C=NN21. The lowest BCUT2D eigenvalue weighted by Gasteiger charge is -2.33. The van der Waals surface area contributed by atoms with E-state index in [-0.39, 0.29) is 18.0 Å². The van der Waals surface area contributed by atoms with Crippen LogP contribution in [-0.4, -0.2) is 46.6 Å². The quantitative estimate of drug-likeness (QED) is 0.304. The first-order valence-corrected chi connectivity index (χ1v) is 10.6. The zero-order chi connectivity index (χ0) is 23.4. The average molecular weight is 448 g/mol. The number of nitrogens with zero attached hydrogens (tertiary/aromatic N) is 4. The van der Waals surface area contributed by atoms with E-state index in [4.69, 9.17) is 4.74 Å². The van der Waals surface area contributed by atoms with Gasteiger partial charge in [-0.2, -0.15) is 5.10 Å². The number of amides is 2. The van der Waals surface area contributed by atoms with E-state index in [1.807, 2.05) is 24.3 Å². The molecule has 10 heteroatoms. The first-order chi connectivity index (χ1) is 15.8. The monoisotopic (exact) mass is 448 g/mol. The zero-order valence-corrected chi connectivity index (χ0v) is 17.9. The highest BCUT2D eigenvalue weighted by Gasteiger charge is 2.66. The molecule has 0 aromatic heterocycles. The molecule has 3 heterocycles. The average Bonchev–Trinajstić information content (AvgIpc) is 3.27. The molecule has 2 aromatic rings. The van der Waals surface area contributed by atoms with Gasteiger partial charge < -0.3 is 4.74 Å². The number of benzene rings is 2. The number of nitro groups is 1. The molecule has 0 spiro atoms. The summed E-state index contributed by atoms with van der Waals surface area (Å²) >= 11 is 0. The van der Waals surface area contributed by atoms with Crippen molar-refractivity contribution in [3.05, 3.63) is 69.3 Å². The number of hydrogen-bond donors (Lipinski definition) is 0. The van der Waals surface area contributed by atoms with Gasteiger partial charge in [0.25, 0.3) is 5.69 Å². The maximum atomic E-state index is 13.7. The largest absolute Gasteiger partial charge is 0.464 e. The number of ether oxygens (including phenoxy) is 1. The number of carbonyl (C=O) groups excluding carboxylic acids is 3. The second-order valence-corrected chi connectivity index (χ2v) is 8.19. The molecule has 2 aromatic carbocycles. The third kappa shape index (κ3) is 2.94. The molecule has 5 rings (SSSR count). The van der Waals surface area contributed by atoms with Crippen LogP contribution in [-0.2, 0) is 19.1 Å². The number of rotatable bonds is 4. The van der Waals surface area contributed by atoms with Crippen LogP contribution in [0.1, 0.15) is 29.7 Å². The van der Waals surface area contributed by atoms with Gasteiger partial charge in [-0.15, -0.1) is 0 Å². The third-order valence-electron chi connectivity index (χ3n) is 6.47. The molecular formula is C23H20N4O6. The molecule has 0 radical (unpaired) electrons. The summed E-state index contributed by atoms with van der Waals surface area (Å²) in [7, 11) is 0. The first-order valence-electron chi connectivity index (χ1n) is 10.6. The molecule has 0 aliphatic carbocycles. The number of aryl methyl sites for hydroxylation is 1. The van der Waals surface area contributed by atoms with Crippen molar-refractivity contribution in [2.24, 2.45) is 16.9 Å². The van der Waals surface area contributed by atoms with Gasteiger partial charge in [0.2, 0.25) is 11.8 Å². The number of hydrazone groups is 1. The smallest absolute Gasteiger partial charge is 0.331 e. The van der Waals surface area contributed by atoms with Crippen LogP contribution < -0.4 is 4.90 Å². The number of anilines is 1. The van der Waals surface area contributed by atoms with E-state index in [1.165, 1.54) is 23.2 Å². The van der Waals surface area contributed by atoms with Crippen LogP contribution in [0.4, 0.5) is 11.4 Å². The van der Waals surface area contributed by atoms with E-state index in [0.29, 0.717) is 5.56 Å². The normalized spacial score (nSPS) is 25.0. The number of nitro benzene ring substituents is 1. The lowest BCUT2D eigenvalue weighted by molar-refractivity contribution is -0.384.